The number of hydrogen-bond donors (Lipinski definition) is 0. The van der Waals surface area contributed by atoms with E-state index in [1.807, 2.05) is 0 Å². The van der Waals surface area contributed by atoms with Crippen LogP contribution in [0.25, 0.3) is 0 Å². The minimum absolute atomic E-state index is 0.174. The van der Waals surface area contributed by atoms with Crippen LogP contribution in [0.1, 0.15) is 96.3 Å². The first-order valence-electron chi connectivity index (χ1n) is 11.9. The van der Waals surface area contributed by atoms with Gasteiger partial charge in [-0.2, -0.15) is 0 Å². The number of ether oxygens (including phenoxy) is 1. The molecule has 4 rings (SSSR count). The highest BCUT2D eigenvalue weighted by Crippen LogP contribution is 2.48. The quantitative estimate of drug-likeness (QED) is 0.525. The largest absolute Gasteiger partial charge is 0.381 e. The molecule has 0 N–H and O–H groups in total. The van der Waals surface area contributed by atoms with Gasteiger partial charge >= 0.3 is 0 Å². The molecule has 0 bridgehead atoms. The van der Waals surface area contributed by atoms with Gasteiger partial charge in [-0.25, -0.2) is 4.39 Å². The Morgan fingerprint density at radius 1 is 0.577 bits per heavy atom. The fourth-order valence-corrected chi connectivity index (χ4v) is 7.41. The molecule has 4 aliphatic carbocycles. The smallest absolute Gasteiger partial charge is 0.106 e. The lowest BCUT2D eigenvalue weighted by atomic mass is 9.64. The van der Waals surface area contributed by atoms with Crippen LogP contribution < -0.4 is 0 Å². The molecule has 0 spiro atoms. The van der Waals surface area contributed by atoms with Crippen molar-refractivity contribution in [3.05, 3.63) is 0 Å². The molecule has 4 aliphatic rings. The zero-order valence-electron chi connectivity index (χ0n) is 17.0. The van der Waals surface area contributed by atoms with Crippen molar-refractivity contribution in [2.45, 2.75) is 109 Å². The summed E-state index contributed by atoms with van der Waals surface area (Å²) in [4.78, 5) is 0. The van der Waals surface area contributed by atoms with E-state index in [2.05, 4.69) is 0 Å². The lowest BCUT2D eigenvalue weighted by Gasteiger charge is -2.42. The van der Waals surface area contributed by atoms with Crippen molar-refractivity contribution in [3.63, 3.8) is 0 Å². The summed E-state index contributed by atoms with van der Waals surface area (Å²) in [5, 5.41) is 0. The third kappa shape index (κ3) is 4.31. The predicted octanol–water partition coefficient (Wildman–Crippen LogP) is 6.94. The van der Waals surface area contributed by atoms with Gasteiger partial charge in [0.05, 0.1) is 6.10 Å². The van der Waals surface area contributed by atoms with Crippen LogP contribution in [0, 0.1) is 35.5 Å². The predicted molar refractivity (Wildman–Crippen MR) is 106 cm³/mol. The fraction of sp³-hybridized carbons (Fsp3) is 1.00. The summed E-state index contributed by atoms with van der Waals surface area (Å²) in [6, 6.07) is 0. The Kier molecular flexibility index (Phi) is 6.60. The van der Waals surface area contributed by atoms with Gasteiger partial charge in [0.2, 0.25) is 0 Å². The molecule has 0 saturated heterocycles. The van der Waals surface area contributed by atoms with Gasteiger partial charge in [-0.15, -0.1) is 0 Å². The van der Waals surface area contributed by atoms with Crippen LogP contribution in [0.2, 0.25) is 0 Å². The van der Waals surface area contributed by atoms with E-state index in [0.717, 1.165) is 36.5 Å². The Labute approximate surface area is 160 Å². The molecule has 2 heteroatoms. The third-order valence-electron chi connectivity index (χ3n) is 9.08. The summed E-state index contributed by atoms with van der Waals surface area (Å²) in [6.07, 6.45) is 19.8. The van der Waals surface area contributed by atoms with Crippen molar-refractivity contribution in [3.8, 4) is 0 Å². The number of rotatable bonds is 4. The first-order chi connectivity index (χ1) is 12.7. The van der Waals surface area contributed by atoms with E-state index in [9.17, 15) is 4.39 Å². The second kappa shape index (κ2) is 8.93. The van der Waals surface area contributed by atoms with E-state index >= 15 is 0 Å². The molecule has 4 fully saturated rings. The van der Waals surface area contributed by atoms with Crippen molar-refractivity contribution in [2.24, 2.45) is 35.5 Å². The van der Waals surface area contributed by atoms with Crippen molar-refractivity contribution >= 4 is 0 Å². The molecule has 4 saturated carbocycles. The van der Waals surface area contributed by atoms with Crippen molar-refractivity contribution in [2.75, 3.05) is 7.11 Å². The van der Waals surface area contributed by atoms with Crippen LogP contribution in [-0.4, -0.2) is 19.4 Å². The van der Waals surface area contributed by atoms with Gasteiger partial charge in [-0.05, 0) is 99.7 Å². The first-order valence-corrected chi connectivity index (χ1v) is 11.9. The molecular formula is C24H41FO. The van der Waals surface area contributed by atoms with Crippen molar-refractivity contribution in [1.82, 2.24) is 0 Å². The summed E-state index contributed by atoms with van der Waals surface area (Å²) in [6.45, 7) is 0. The maximum absolute atomic E-state index is 14.6. The van der Waals surface area contributed by atoms with Crippen LogP contribution in [0.5, 0.6) is 0 Å². The lowest BCUT2D eigenvalue weighted by Crippen LogP contribution is -2.37. The average molecular weight is 365 g/mol. The summed E-state index contributed by atoms with van der Waals surface area (Å²) < 4.78 is 20.0. The van der Waals surface area contributed by atoms with Gasteiger partial charge in [-0.3, -0.25) is 0 Å². The molecule has 0 aromatic rings. The minimum atomic E-state index is -0.614. The van der Waals surface area contributed by atoms with Gasteiger partial charge < -0.3 is 4.74 Å². The van der Waals surface area contributed by atoms with Gasteiger partial charge in [-0.1, -0.05) is 25.7 Å². The molecule has 0 aliphatic heterocycles. The Balaban J connectivity index is 1.20. The van der Waals surface area contributed by atoms with Gasteiger partial charge in [0, 0.05) is 13.5 Å². The van der Waals surface area contributed by atoms with E-state index in [-0.39, 0.29) is 6.10 Å². The molecule has 0 amide bonds. The topological polar surface area (TPSA) is 9.23 Å². The van der Waals surface area contributed by atoms with Gasteiger partial charge in [0.15, 0.2) is 0 Å². The highest BCUT2D eigenvalue weighted by atomic mass is 19.1. The highest BCUT2D eigenvalue weighted by molar-refractivity contribution is 4.90. The summed E-state index contributed by atoms with van der Waals surface area (Å²) in [7, 11) is 1.74. The standard InChI is InChI=1S/C24H41FO/c1-26-22-14-15-23(24(25)16-22)21-12-10-20(11-13-21)19-8-6-18(7-9-19)17-4-2-3-5-17/h17-24H,2-16H2,1H3. The SMILES string of the molecule is COC1CCC(C2CCC(C3CCC(C4CCCC4)CC3)CC2)C(F)C1. The number of hydrogen-bond acceptors (Lipinski definition) is 1. The normalized spacial score (nSPS) is 45.7. The monoisotopic (exact) mass is 364 g/mol. The number of alkyl halides is 1. The van der Waals surface area contributed by atoms with Crippen LogP contribution in [0.3, 0.4) is 0 Å². The molecule has 1 nitrogen and oxygen atoms in total. The van der Waals surface area contributed by atoms with Gasteiger partial charge in [0.1, 0.15) is 6.17 Å². The molecule has 0 aromatic heterocycles. The van der Waals surface area contributed by atoms with E-state index < -0.39 is 6.17 Å². The Morgan fingerprint density at radius 2 is 1.04 bits per heavy atom. The lowest BCUT2D eigenvalue weighted by molar-refractivity contribution is -0.0111. The van der Waals surface area contributed by atoms with Crippen LogP contribution in [0.4, 0.5) is 4.39 Å². The van der Waals surface area contributed by atoms with E-state index in [1.54, 1.807) is 7.11 Å². The summed E-state index contributed by atoms with van der Waals surface area (Å²) in [5.74, 6) is 5.10. The molecule has 150 valence electrons. The first kappa shape index (κ1) is 19.2. The molecule has 3 atom stereocenters. The minimum Gasteiger partial charge on any atom is -0.381 e. The Bertz CT molecular complexity index is 416. The van der Waals surface area contributed by atoms with Gasteiger partial charge in [0.25, 0.3) is 0 Å². The second-order valence-corrected chi connectivity index (χ2v) is 10.2. The summed E-state index contributed by atoms with van der Waals surface area (Å²) >= 11 is 0. The van der Waals surface area contributed by atoms with E-state index in [0.29, 0.717) is 18.3 Å². The Morgan fingerprint density at radius 3 is 1.50 bits per heavy atom. The zero-order valence-corrected chi connectivity index (χ0v) is 17.0. The maximum Gasteiger partial charge on any atom is 0.106 e. The average Bonchev–Trinajstić information content (AvgIpc) is 3.23. The molecular weight excluding hydrogens is 323 g/mol. The van der Waals surface area contributed by atoms with Crippen molar-refractivity contribution < 1.29 is 9.13 Å². The maximum atomic E-state index is 14.6. The van der Waals surface area contributed by atoms with Crippen LogP contribution >= 0.6 is 0 Å². The molecule has 0 heterocycles. The van der Waals surface area contributed by atoms with E-state index in [1.165, 1.54) is 77.0 Å². The molecule has 0 radical (unpaired) electrons. The molecule has 0 aromatic carbocycles. The number of halogens is 1. The van der Waals surface area contributed by atoms with E-state index in [4.69, 9.17) is 4.74 Å². The van der Waals surface area contributed by atoms with Crippen molar-refractivity contribution in [1.29, 1.82) is 0 Å². The molecule has 3 unspecified atom stereocenters. The molecule has 26 heavy (non-hydrogen) atoms. The Hall–Kier alpha value is -0.110. The second-order valence-electron chi connectivity index (χ2n) is 10.2. The highest BCUT2D eigenvalue weighted by Gasteiger charge is 2.39. The van der Waals surface area contributed by atoms with Crippen LogP contribution in [0.15, 0.2) is 0 Å². The third-order valence-corrected chi connectivity index (χ3v) is 9.08. The number of methoxy groups -OCH3 is 1. The summed E-state index contributed by atoms with van der Waals surface area (Å²) in [5.41, 5.74) is 0. The zero-order chi connectivity index (χ0) is 17.9. The fourth-order valence-electron chi connectivity index (χ4n) is 7.41. The van der Waals surface area contributed by atoms with Crippen LogP contribution in [-0.2, 0) is 4.74 Å².